The minimum Gasteiger partial charge on any atom is -0.493 e. The molecule has 0 spiro atoms. The predicted octanol–water partition coefficient (Wildman–Crippen LogP) is 3.01. The Labute approximate surface area is 129 Å². The maximum atomic E-state index is 12.1. The number of aromatic nitrogens is 1. The van der Waals surface area contributed by atoms with Crippen molar-refractivity contribution in [2.45, 2.75) is 6.42 Å². The van der Waals surface area contributed by atoms with Crippen LogP contribution in [0, 0.1) is 0 Å². The standard InChI is InChI=1S/C18H20N2O2/c1-20(2)11-6-12-22-16-10-5-9-15-17(16)13-7-3-4-8-14(13)18(21)19-15/h3-5,7-10H,6,11-12H2,1-2H3,(H,19,21). The Morgan fingerprint density at radius 2 is 1.82 bits per heavy atom. The van der Waals surface area contributed by atoms with Crippen molar-refractivity contribution < 1.29 is 4.74 Å². The highest BCUT2D eigenvalue weighted by molar-refractivity contribution is 6.08. The highest BCUT2D eigenvalue weighted by atomic mass is 16.5. The molecule has 0 radical (unpaired) electrons. The average molecular weight is 296 g/mol. The van der Waals surface area contributed by atoms with Gasteiger partial charge in [0, 0.05) is 22.7 Å². The highest BCUT2D eigenvalue weighted by Gasteiger charge is 2.09. The number of nitrogens with one attached hydrogen (secondary N) is 1. The molecule has 3 aromatic rings. The molecule has 0 aliphatic heterocycles. The number of fused-ring (bicyclic) bond motifs is 3. The summed E-state index contributed by atoms with van der Waals surface area (Å²) in [4.78, 5) is 17.2. The Bertz CT molecular complexity index is 852. The number of pyridine rings is 1. The first kappa shape index (κ1) is 14.6. The van der Waals surface area contributed by atoms with E-state index in [-0.39, 0.29) is 5.56 Å². The van der Waals surface area contributed by atoms with Gasteiger partial charge in [0.15, 0.2) is 0 Å². The lowest BCUT2D eigenvalue weighted by Gasteiger charge is -2.13. The van der Waals surface area contributed by atoms with Gasteiger partial charge in [-0.3, -0.25) is 4.79 Å². The Morgan fingerprint density at radius 1 is 1.05 bits per heavy atom. The summed E-state index contributed by atoms with van der Waals surface area (Å²) in [6.07, 6.45) is 0.963. The van der Waals surface area contributed by atoms with E-state index in [1.807, 2.05) is 42.5 Å². The molecule has 0 amide bonds. The van der Waals surface area contributed by atoms with Crippen LogP contribution in [0.25, 0.3) is 21.7 Å². The third-order valence-electron chi connectivity index (χ3n) is 3.72. The summed E-state index contributed by atoms with van der Waals surface area (Å²) in [6.45, 7) is 1.65. The smallest absolute Gasteiger partial charge is 0.256 e. The van der Waals surface area contributed by atoms with Gasteiger partial charge in [-0.2, -0.15) is 0 Å². The number of rotatable bonds is 5. The van der Waals surface area contributed by atoms with Crippen LogP contribution in [0.5, 0.6) is 5.75 Å². The van der Waals surface area contributed by atoms with Gasteiger partial charge in [0.05, 0.1) is 12.1 Å². The molecule has 0 bridgehead atoms. The van der Waals surface area contributed by atoms with Crippen LogP contribution < -0.4 is 10.3 Å². The van der Waals surface area contributed by atoms with Crippen molar-refractivity contribution in [2.24, 2.45) is 0 Å². The topological polar surface area (TPSA) is 45.3 Å². The van der Waals surface area contributed by atoms with E-state index in [2.05, 4.69) is 24.0 Å². The zero-order chi connectivity index (χ0) is 15.5. The molecule has 0 unspecified atom stereocenters. The van der Waals surface area contributed by atoms with Crippen LogP contribution in [-0.4, -0.2) is 37.1 Å². The third kappa shape index (κ3) is 2.83. The van der Waals surface area contributed by atoms with Gasteiger partial charge in [-0.1, -0.05) is 24.3 Å². The number of nitrogens with zero attached hydrogens (tertiary/aromatic N) is 1. The van der Waals surface area contributed by atoms with E-state index in [1.54, 1.807) is 0 Å². The number of H-pyrrole nitrogens is 1. The summed E-state index contributed by atoms with van der Waals surface area (Å²) in [7, 11) is 4.10. The molecule has 1 N–H and O–H groups in total. The molecule has 0 saturated heterocycles. The van der Waals surface area contributed by atoms with Gasteiger partial charge < -0.3 is 14.6 Å². The van der Waals surface area contributed by atoms with Crippen molar-refractivity contribution in [1.82, 2.24) is 9.88 Å². The number of hydrogen-bond acceptors (Lipinski definition) is 3. The van der Waals surface area contributed by atoms with Gasteiger partial charge in [-0.25, -0.2) is 0 Å². The van der Waals surface area contributed by atoms with Crippen LogP contribution in [0.2, 0.25) is 0 Å². The van der Waals surface area contributed by atoms with E-state index in [0.717, 1.165) is 35.0 Å². The molecule has 2 aromatic carbocycles. The first-order chi connectivity index (χ1) is 10.7. The van der Waals surface area contributed by atoms with E-state index in [9.17, 15) is 4.79 Å². The summed E-state index contributed by atoms with van der Waals surface area (Å²) in [5, 5.41) is 2.60. The zero-order valence-corrected chi connectivity index (χ0v) is 12.9. The van der Waals surface area contributed by atoms with Gasteiger partial charge in [-0.05, 0) is 38.7 Å². The van der Waals surface area contributed by atoms with Gasteiger partial charge in [0.25, 0.3) is 5.56 Å². The molecule has 0 aliphatic carbocycles. The Hall–Kier alpha value is -2.33. The van der Waals surface area contributed by atoms with Crippen molar-refractivity contribution in [3.8, 4) is 5.75 Å². The molecule has 0 saturated carbocycles. The third-order valence-corrected chi connectivity index (χ3v) is 3.72. The van der Waals surface area contributed by atoms with Crippen molar-refractivity contribution in [1.29, 1.82) is 0 Å². The molecule has 22 heavy (non-hydrogen) atoms. The summed E-state index contributed by atoms with van der Waals surface area (Å²) < 4.78 is 5.97. The number of benzene rings is 2. The second-order valence-corrected chi connectivity index (χ2v) is 5.68. The minimum atomic E-state index is -0.0622. The van der Waals surface area contributed by atoms with Crippen LogP contribution in [0.1, 0.15) is 6.42 Å². The number of hydrogen-bond donors (Lipinski definition) is 1. The van der Waals surface area contributed by atoms with Gasteiger partial charge in [-0.15, -0.1) is 0 Å². The van der Waals surface area contributed by atoms with Gasteiger partial charge in [0.2, 0.25) is 0 Å². The van der Waals surface area contributed by atoms with Crippen molar-refractivity contribution in [3.05, 3.63) is 52.8 Å². The second-order valence-electron chi connectivity index (χ2n) is 5.68. The quantitative estimate of drug-likeness (QED) is 0.581. The predicted molar refractivity (Wildman–Crippen MR) is 90.7 cm³/mol. The van der Waals surface area contributed by atoms with Crippen molar-refractivity contribution in [2.75, 3.05) is 27.2 Å². The second kappa shape index (κ2) is 6.20. The number of ether oxygens (including phenoxy) is 1. The lowest BCUT2D eigenvalue weighted by Crippen LogP contribution is -2.15. The van der Waals surface area contributed by atoms with Crippen molar-refractivity contribution in [3.63, 3.8) is 0 Å². The SMILES string of the molecule is CN(C)CCCOc1cccc2[nH]c(=O)c3ccccc3c12. The monoisotopic (exact) mass is 296 g/mol. The van der Waals surface area contributed by atoms with Crippen LogP contribution >= 0.6 is 0 Å². The Kier molecular flexibility index (Phi) is 4.11. The van der Waals surface area contributed by atoms with Gasteiger partial charge >= 0.3 is 0 Å². The van der Waals surface area contributed by atoms with Crippen LogP contribution in [-0.2, 0) is 0 Å². The Balaban J connectivity index is 2.03. The van der Waals surface area contributed by atoms with E-state index in [4.69, 9.17) is 4.74 Å². The lowest BCUT2D eigenvalue weighted by atomic mass is 10.1. The minimum absolute atomic E-state index is 0.0622. The molecular weight excluding hydrogens is 276 g/mol. The van der Waals surface area contributed by atoms with E-state index < -0.39 is 0 Å². The maximum Gasteiger partial charge on any atom is 0.256 e. The van der Waals surface area contributed by atoms with Crippen LogP contribution in [0.4, 0.5) is 0 Å². The molecule has 4 nitrogen and oxygen atoms in total. The van der Waals surface area contributed by atoms with E-state index in [0.29, 0.717) is 12.0 Å². The van der Waals surface area contributed by atoms with Gasteiger partial charge in [0.1, 0.15) is 5.75 Å². The maximum absolute atomic E-state index is 12.1. The normalized spacial score (nSPS) is 11.4. The molecule has 1 heterocycles. The molecular formula is C18H20N2O2. The van der Waals surface area contributed by atoms with E-state index in [1.165, 1.54) is 0 Å². The molecule has 0 atom stereocenters. The first-order valence-electron chi connectivity index (χ1n) is 7.48. The summed E-state index contributed by atoms with van der Waals surface area (Å²) in [5.74, 6) is 0.823. The highest BCUT2D eigenvalue weighted by Crippen LogP contribution is 2.30. The molecule has 4 heteroatoms. The van der Waals surface area contributed by atoms with Crippen LogP contribution in [0.15, 0.2) is 47.3 Å². The molecule has 0 fully saturated rings. The molecule has 3 rings (SSSR count). The summed E-state index contributed by atoms with van der Waals surface area (Å²) in [5.41, 5.74) is 0.752. The zero-order valence-electron chi connectivity index (χ0n) is 12.9. The Morgan fingerprint density at radius 3 is 2.59 bits per heavy atom. The summed E-state index contributed by atoms with van der Waals surface area (Å²) >= 11 is 0. The fourth-order valence-electron chi connectivity index (χ4n) is 2.69. The summed E-state index contributed by atoms with van der Waals surface area (Å²) in [6, 6.07) is 13.4. The lowest BCUT2D eigenvalue weighted by molar-refractivity contribution is 0.284. The fourth-order valence-corrected chi connectivity index (χ4v) is 2.69. The molecule has 0 aliphatic rings. The van der Waals surface area contributed by atoms with E-state index >= 15 is 0 Å². The molecule has 114 valence electrons. The number of aromatic amines is 1. The largest absolute Gasteiger partial charge is 0.493 e. The first-order valence-corrected chi connectivity index (χ1v) is 7.48. The molecule has 1 aromatic heterocycles. The fraction of sp³-hybridized carbons (Fsp3) is 0.278. The van der Waals surface area contributed by atoms with Crippen molar-refractivity contribution >= 4 is 21.7 Å². The average Bonchev–Trinajstić information content (AvgIpc) is 2.51. The van der Waals surface area contributed by atoms with Crippen LogP contribution in [0.3, 0.4) is 0 Å².